The zero-order chi connectivity index (χ0) is 23.8. The van der Waals surface area contributed by atoms with E-state index in [2.05, 4.69) is 58.2 Å². The van der Waals surface area contributed by atoms with Gasteiger partial charge in [-0.1, -0.05) is 18.2 Å². The molecule has 7 heteroatoms. The molecule has 2 aromatic heterocycles. The molecule has 6 nitrogen and oxygen atoms in total. The number of nitrogens with zero attached hydrogens (tertiary/aromatic N) is 2. The number of primary amides is 1. The number of aliphatic hydroxyl groups excluding tert-OH is 1. The molecule has 5 rings (SSSR count). The molecule has 1 aliphatic rings. The molecule has 1 amide bonds. The van der Waals surface area contributed by atoms with Crippen molar-refractivity contribution in [2.75, 3.05) is 0 Å². The molecule has 1 saturated carbocycles. The molecule has 0 spiro atoms. The summed E-state index contributed by atoms with van der Waals surface area (Å²) in [7, 11) is 0. The van der Waals surface area contributed by atoms with Crippen LogP contribution in [0.3, 0.4) is 0 Å². The Morgan fingerprint density at radius 2 is 2.12 bits per heavy atom. The maximum Gasteiger partial charge on any atom is 0.249 e. The van der Waals surface area contributed by atoms with Gasteiger partial charge in [-0.2, -0.15) is 0 Å². The summed E-state index contributed by atoms with van der Waals surface area (Å²) in [6.45, 7) is 4.86. The van der Waals surface area contributed by atoms with Crippen LogP contribution in [0.15, 0.2) is 54.9 Å². The number of carbonyl (C=O) groups excluding carboxylic acids is 1. The second kappa shape index (κ2) is 9.33. The number of nitrogens with two attached hydrogens (primary N) is 1. The Labute approximate surface area is 203 Å². The van der Waals surface area contributed by atoms with Crippen molar-refractivity contribution >= 4 is 28.3 Å². The minimum absolute atomic E-state index is 0.0447. The first-order chi connectivity index (χ1) is 16.4. The molecule has 0 unspecified atom stereocenters. The van der Waals surface area contributed by atoms with Gasteiger partial charge in [0.2, 0.25) is 5.91 Å². The quantitative estimate of drug-likeness (QED) is 0.359. The Morgan fingerprint density at radius 1 is 1.26 bits per heavy atom. The molecule has 2 heterocycles. The molecule has 4 N–H and O–H groups in total. The maximum absolute atomic E-state index is 11.9. The second-order valence-electron chi connectivity index (χ2n) is 9.28. The van der Waals surface area contributed by atoms with Crippen molar-refractivity contribution in [2.24, 2.45) is 5.73 Å². The van der Waals surface area contributed by atoms with Crippen molar-refractivity contribution < 1.29 is 9.90 Å². The van der Waals surface area contributed by atoms with Crippen LogP contribution in [0.1, 0.15) is 58.6 Å². The van der Waals surface area contributed by atoms with E-state index in [-0.39, 0.29) is 12.1 Å². The lowest BCUT2D eigenvalue weighted by molar-refractivity contribution is 0.1000. The average Bonchev–Trinajstić information content (AvgIpc) is 3.56. The highest BCUT2D eigenvalue weighted by atomic mass is 32.1. The number of aryl methyl sites for hydroxylation is 1. The van der Waals surface area contributed by atoms with E-state index >= 15 is 0 Å². The van der Waals surface area contributed by atoms with Gasteiger partial charge in [-0.15, -0.1) is 11.3 Å². The highest BCUT2D eigenvalue weighted by Gasteiger charge is 2.22. The van der Waals surface area contributed by atoms with Crippen LogP contribution in [0.2, 0.25) is 0 Å². The van der Waals surface area contributed by atoms with Crippen molar-refractivity contribution in [1.82, 2.24) is 14.9 Å². The van der Waals surface area contributed by atoms with E-state index in [4.69, 9.17) is 5.73 Å². The lowest BCUT2D eigenvalue weighted by Gasteiger charge is -2.16. The summed E-state index contributed by atoms with van der Waals surface area (Å²) in [4.78, 5) is 18.9. The standard InChI is InChI=1S/C27H30N4O2S/c1-16-10-24-25(13-23(16)27(28)33)31(15-30-24)17(2)18-4-3-5-19(11-18)26-9-8-22(34-26)14-29-20-6-7-21(32)12-20/h3-5,8-11,13,15,17,20-21,29,32H,6-7,12,14H2,1-2H3,(H2,28,33)/t17-,20+,21-/m1/s1. The number of hydrogen-bond acceptors (Lipinski definition) is 5. The number of nitrogens with one attached hydrogen (secondary N) is 1. The van der Waals surface area contributed by atoms with Crippen LogP contribution in [0, 0.1) is 6.92 Å². The molecule has 34 heavy (non-hydrogen) atoms. The molecule has 0 radical (unpaired) electrons. The summed E-state index contributed by atoms with van der Waals surface area (Å²) >= 11 is 1.80. The Balaban J connectivity index is 1.37. The summed E-state index contributed by atoms with van der Waals surface area (Å²) in [5.41, 5.74) is 11.1. The van der Waals surface area contributed by atoms with Crippen LogP contribution in [0.4, 0.5) is 0 Å². The number of imidazole rings is 1. The second-order valence-corrected chi connectivity index (χ2v) is 10.5. The molecule has 176 valence electrons. The number of fused-ring (bicyclic) bond motifs is 1. The number of aromatic nitrogens is 2. The van der Waals surface area contributed by atoms with Gasteiger partial charge >= 0.3 is 0 Å². The normalized spacial score (nSPS) is 19.0. The molecule has 4 aromatic rings. The number of thiophene rings is 1. The monoisotopic (exact) mass is 474 g/mol. The van der Waals surface area contributed by atoms with E-state index in [1.165, 1.54) is 20.9 Å². The third kappa shape index (κ3) is 4.51. The maximum atomic E-state index is 11.9. The highest BCUT2D eigenvalue weighted by molar-refractivity contribution is 7.15. The van der Waals surface area contributed by atoms with Gasteiger partial charge in [0.15, 0.2) is 0 Å². The topological polar surface area (TPSA) is 93.2 Å². The van der Waals surface area contributed by atoms with Gasteiger partial charge in [0.05, 0.1) is 29.5 Å². The Kier molecular flexibility index (Phi) is 6.25. The number of rotatable bonds is 7. The van der Waals surface area contributed by atoms with Gasteiger partial charge in [0.1, 0.15) is 0 Å². The van der Waals surface area contributed by atoms with Crippen molar-refractivity contribution in [3.05, 3.63) is 76.4 Å². The molecule has 0 saturated heterocycles. The average molecular weight is 475 g/mol. The van der Waals surface area contributed by atoms with Gasteiger partial charge in [-0.25, -0.2) is 4.98 Å². The summed E-state index contributed by atoms with van der Waals surface area (Å²) < 4.78 is 2.10. The van der Waals surface area contributed by atoms with E-state index in [0.717, 1.165) is 42.4 Å². The number of carbonyl (C=O) groups is 1. The molecule has 1 fully saturated rings. The van der Waals surface area contributed by atoms with Gasteiger partial charge in [-0.3, -0.25) is 4.79 Å². The van der Waals surface area contributed by atoms with Crippen molar-refractivity contribution in [1.29, 1.82) is 0 Å². The van der Waals surface area contributed by atoms with Crippen LogP contribution < -0.4 is 11.1 Å². The van der Waals surface area contributed by atoms with Gasteiger partial charge in [-0.05, 0) is 80.1 Å². The molecule has 3 atom stereocenters. The SMILES string of the molecule is Cc1cc2ncn([C@H](C)c3cccc(-c4ccc(CN[C@H]5CC[C@@H](O)C5)s4)c3)c2cc1C(N)=O. The summed E-state index contributed by atoms with van der Waals surface area (Å²) in [6.07, 6.45) is 4.47. The third-order valence-electron chi connectivity index (χ3n) is 6.89. The lowest BCUT2D eigenvalue weighted by Crippen LogP contribution is -2.25. The number of benzene rings is 2. The Hall–Kier alpha value is -3.00. The van der Waals surface area contributed by atoms with Crippen LogP contribution in [0.25, 0.3) is 21.5 Å². The molecule has 2 aromatic carbocycles. The number of amides is 1. The molecule has 0 aliphatic heterocycles. The lowest BCUT2D eigenvalue weighted by atomic mass is 10.0. The fraction of sp³-hybridized carbons (Fsp3) is 0.333. The summed E-state index contributed by atoms with van der Waals surface area (Å²) in [5.74, 6) is -0.422. The number of hydrogen-bond donors (Lipinski definition) is 3. The minimum atomic E-state index is -0.422. The van der Waals surface area contributed by atoms with E-state index in [9.17, 15) is 9.90 Å². The van der Waals surface area contributed by atoms with Crippen molar-refractivity contribution in [3.63, 3.8) is 0 Å². The van der Waals surface area contributed by atoms with Crippen LogP contribution in [0.5, 0.6) is 0 Å². The predicted octanol–water partition coefficient (Wildman–Crippen LogP) is 4.78. The molecular formula is C27H30N4O2S. The smallest absolute Gasteiger partial charge is 0.249 e. The zero-order valence-electron chi connectivity index (χ0n) is 19.5. The van der Waals surface area contributed by atoms with Gasteiger partial charge < -0.3 is 20.7 Å². The Morgan fingerprint density at radius 3 is 2.88 bits per heavy atom. The fourth-order valence-corrected chi connectivity index (χ4v) is 5.84. The molecular weight excluding hydrogens is 444 g/mol. The van der Waals surface area contributed by atoms with Crippen LogP contribution in [-0.2, 0) is 6.54 Å². The summed E-state index contributed by atoms with van der Waals surface area (Å²) in [5, 5.41) is 13.3. The van der Waals surface area contributed by atoms with E-state index in [0.29, 0.717) is 11.6 Å². The zero-order valence-corrected chi connectivity index (χ0v) is 20.3. The predicted molar refractivity (Wildman–Crippen MR) is 137 cm³/mol. The first-order valence-corrected chi connectivity index (χ1v) is 12.6. The first-order valence-electron chi connectivity index (χ1n) is 11.8. The molecule has 0 bridgehead atoms. The van der Waals surface area contributed by atoms with E-state index < -0.39 is 5.91 Å². The van der Waals surface area contributed by atoms with Crippen LogP contribution >= 0.6 is 11.3 Å². The summed E-state index contributed by atoms with van der Waals surface area (Å²) in [6, 6.07) is 17.2. The minimum Gasteiger partial charge on any atom is -0.393 e. The van der Waals surface area contributed by atoms with E-state index in [1.54, 1.807) is 11.3 Å². The third-order valence-corrected chi connectivity index (χ3v) is 8.02. The number of aliphatic hydroxyl groups is 1. The highest BCUT2D eigenvalue weighted by Crippen LogP contribution is 2.32. The fourth-order valence-electron chi connectivity index (χ4n) is 4.88. The Bertz CT molecular complexity index is 1340. The first kappa shape index (κ1) is 22.8. The van der Waals surface area contributed by atoms with E-state index in [1.807, 2.05) is 25.4 Å². The van der Waals surface area contributed by atoms with Gasteiger partial charge in [0, 0.05) is 27.9 Å². The molecule has 1 aliphatic carbocycles. The van der Waals surface area contributed by atoms with Crippen LogP contribution in [-0.4, -0.2) is 32.7 Å². The largest absolute Gasteiger partial charge is 0.393 e. The van der Waals surface area contributed by atoms with Gasteiger partial charge in [0.25, 0.3) is 0 Å². The van der Waals surface area contributed by atoms with Crippen molar-refractivity contribution in [3.8, 4) is 10.4 Å². The van der Waals surface area contributed by atoms with Crippen molar-refractivity contribution in [2.45, 2.75) is 57.8 Å².